The van der Waals surface area contributed by atoms with Crippen LogP contribution in [0.3, 0.4) is 0 Å². The number of amides is 1. The van der Waals surface area contributed by atoms with Crippen molar-refractivity contribution in [2.45, 2.75) is 12.5 Å². The van der Waals surface area contributed by atoms with Crippen molar-refractivity contribution in [3.8, 4) is 0 Å². The highest BCUT2D eigenvalue weighted by Gasteiger charge is 2.37. The Bertz CT molecular complexity index is 331. The fourth-order valence-corrected chi connectivity index (χ4v) is 1.72. The lowest BCUT2D eigenvalue weighted by molar-refractivity contribution is -0.123. The van der Waals surface area contributed by atoms with Gasteiger partial charge >= 0.3 is 0 Å². The van der Waals surface area contributed by atoms with Crippen LogP contribution in [0.4, 0.5) is 0 Å². The van der Waals surface area contributed by atoms with E-state index < -0.39 is 11.9 Å². The highest BCUT2D eigenvalue weighted by atomic mass is 16.2. The van der Waals surface area contributed by atoms with E-state index in [1.165, 1.54) is 0 Å². The Morgan fingerprint density at radius 2 is 2.38 bits per heavy atom. The summed E-state index contributed by atoms with van der Waals surface area (Å²) < 4.78 is 0. The third kappa shape index (κ3) is 1.14. The van der Waals surface area contributed by atoms with E-state index in [0.29, 0.717) is 12.2 Å². The average molecular weight is 178 g/mol. The maximum atomic E-state index is 11.4. The lowest BCUT2D eigenvalue weighted by Crippen LogP contribution is -2.40. The Hall–Kier alpha value is -1.58. The van der Waals surface area contributed by atoms with Gasteiger partial charge in [0, 0.05) is 13.0 Å². The fourth-order valence-electron chi connectivity index (χ4n) is 1.72. The summed E-state index contributed by atoms with van der Waals surface area (Å²) in [5.74, 6) is -0.416. The van der Waals surface area contributed by atoms with Crippen molar-refractivity contribution < 1.29 is 9.59 Å². The second kappa shape index (κ2) is 2.73. The number of fused-ring (bicyclic) bond motifs is 1. The predicted octanol–water partition coefficient (Wildman–Crippen LogP) is -0.431. The molecule has 2 aliphatic rings. The Kier molecular flexibility index (Phi) is 1.69. The molecule has 2 rings (SSSR count). The lowest BCUT2D eigenvalue weighted by Gasteiger charge is -2.24. The molecule has 4 nitrogen and oxygen atoms in total. The normalized spacial score (nSPS) is 25.8. The summed E-state index contributed by atoms with van der Waals surface area (Å²) in [7, 11) is 0. The number of hydrogen-bond donors (Lipinski definition) is 1. The maximum absolute atomic E-state index is 11.4. The maximum Gasteiger partial charge on any atom is 0.240 e. The number of nitrogens with zero attached hydrogens (tertiary/aromatic N) is 1. The minimum atomic E-state index is -0.441. The monoisotopic (exact) mass is 178 g/mol. The molecular weight excluding hydrogens is 168 g/mol. The van der Waals surface area contributed by atoms with Crippen LogP contribution in [0, 0.1) is 0 Å². The second-order valence-electron chi connectivity index (χ2n) is 3.18. The van der Waals surface area contributed by atoms with Gasteiger partial charge in [-0.3, -0.25) is 9.59 Å². The Morgan fingerprint density at radius 1 is 1.62 bits per heavy atom. The fraction of sp³-hybridized carbons (Fsp3) is 0.333. The van der Waals surface area contributed by atoms with Crippen molar-refractivity contribution in [3.05, 3.63) is 23.9 Å². The molecule has 0 spiro atoms. The van der Waals surface area contributed by atoms with Crippen molar-refractivity contribution >= 4 is 11.7 Å². The topological polar surface area (TPSA) is 63.4 Å². The van der Waals surface area contributed by atoms with Gasteiger partial charge in [-0.05, 0) is 6.08 Å². The van der Waals surface area contributed by atoms with Gasteiger partial charge in [-0.25, -0.2) is 0 Å². The number of carbonyl (C=O) groups excluding carboxylic acids is 2. The van der Waals surface area contributed by atoms with Gasteiger partial charge in [-0.1, -0.05) is 12.2 Å². The SMILES string of the molecule is NC(=O)C1CC(=O)C2=CC=CCN21. The number of allylic oxidation sites excluding steroid dienone is 3. The molecule has 0 aromatic rings. The van der Waals surface area contributed by atoms with E-state index in [0.717, 1.165) is 0 Å². The molecule has 1 unspecified atom stereocenters. The van der Waals surface area contributed by atoms with E-state index >= 15 is 0 Å². The van der Waals surface area contributed by atoms with Crippen LogP contribution in [0.15, 0.2) is 23.9 Å². The number of primary amides is 1. The van der Waals surface area contributed by atoms with Crippen molar-refractivity contribution in [1.29, 1.82) is 0 Å². The molecule has 0 aliphatic carbocycles. The number of hydrogen-bond acceptors (Lipinski definition) is 3. The van der Waals surface area contributed by atoms with Crippen LogP contribution in [0.25, 0.3) is 0 Å². The number of nitrogens with two attached hydrogens (primary N) is 1. The molecule has 68 valence electrons. The van der Waals surface area contributed by atoms with E-state index in [-0.39, 0.29) is 12.2 Å². The third-order valence-electron chi connectivity index (χ3n) is 2.37. The molecule has 2 aliphatic heterocycles. The summed E-state index contributed by atoms with van der Waals surface area (Å²) in [5, 5.41) is 0. The average Bonchev–Trinajstić information content (AvgIpc) is 2.45. The molecule has 0 aromatic heterocycles. The molecular formula is C9H10N2O2. The highest BCUT2D eigenvalue weighted by Crippen LogP contribution is 2.25. The molecule has 0 saturated carbocycles. The number of rotatable bonds is 1. The van der Waals surface area contributed by atoms with Crippen LogP contribution in [-0.4, -0.2) is 29.2 Å². The zero-order chi connectivity index (χ0) is 9.42. The summed E-state index contributed by atoms with van der Waals surface area (Å²) in [4.78, 5) is 24.1. The van der Waals surface area contributed by atoms with E-state index in [2.05, 4.69) is 0 Å². The first kappa shape index (κ1) is 8.04. The molecule has 0 bridgehead atoms. The summed E-state index contributed by atoms with van der Waals surface area (Å²) in [6.07, 6.45) is 5.68. The summed E-state index contributed by atoms with van der Waals surface area (Å²) in [6, 6.07) is -0.441. The van der Waals surface area contributed by atoms with Crippen LogP contribution in [-0.2, 0) is 9.59 Å². The Labute approximate surface area is 75.7 Å². The van der Waals surface area contributed by atoms with Gasteiger partial charge in [0.25, 0.3) is 0 Å². The first-order chi connectivity index (χ1) is 6.20. The summed E-state index contributed by atoms with van der Waals surface area (Å²) in [5.41, 5.74) is 5.80. The van der Waals surface area contributed by atoms with Gasteiger partial charge in [-0.15, -0.1) is 0 Å². The number of Topliss-reactive ketones (excluding diaryl/α,β-unsaturated/α-hetero) is 1. The van der Waals surface area contributed by atoms with E-state index in [9.17, 15) is 9.59 Å². The third-order valence-corrected chi connectivity index (χ3v) is 2.37. The van der Waals surface area contributed by atoms with Crippen molar-refractivity contribution in [2.75, 3.05) is 6.54 Å². The van der Waals surface area contributed by atoms with Crippen LogP contribution in [0.2, 0.25) is 0 Å². The van der Waals surface area contributed by atoms with Gasteiger partial charge in [0.2, 0.25) is 5.91 Å². The molecule has 2 N–H and O–H groups in total. The standard InChI is InChI=1S/C9H10N2O2/c10-9(13)7-5-8(12)6-3-1-2-4-11(6)7/h1-3,7H,4-5H2,(H2,10,13). The molecule has 0 aromatic carbocycles. The van der Waals surface area contributed by atoms with Crippen LogP contribution >= 0.6 is 0 Å². The molecule has 1 fully saturated rings. The van der Waals surface area contributed by atoms with E-state index in [1.807, 2.05) is 12.2 Å². The molecule has 0 radical (unpaired) electrons. The van der Waals surface area contributed by atoms with Crippen LogP contribution in [0.5, 0.6) is 0 Å². The van der Waals surface area contributed by atoms with Crippen LogP contribution < -0.4 is 5.73 Å². The molecule has 1 amide bonds. The van der Waals surface area contributed by atoms with Gasteiger partial charge in [0.15, 0.2) is 5.78 Å². The first-order valence-corrected chi connectivity index (χ1v) is 4.16. The minimum Gasteiger partial charge on any atom is -0.368 e. The van der Waals surface area contributed by atoms with Gasteiger partial charge in [0.1, 0.15) is 6.04 Å². The minimum absolute atomic E-state index is 0.00755. The Morgan fingerprint density at radius 3 is 3.08 bits per heavy atom. The van der Waals surface area contributed by atoms with Gasteiger partial charge in [0.05, 0.1) is 5.70 Å². The zero-order valence-electron chi connectivity index (χ0n) is 7.06. The predicted molar refractivity (Wildman–Crippen MR) is 46.5 cm³/mol. The van der Waals surface area contributed by atoms with Gasteiger partial charge < -0.3 is 10.6 Å². The smallest absolute Gasteiger partial charge is 0.240 e. The molecule has 1 atom stereocenters. The molecule has 13 heavy (non-hydrogen) atoms. The molecule has 1 saturated heterocycles. The lowest BCUT2D eigenvalue weighted by atomic mass is 10.2. The molecule has 4 heteroatoms. The van der Waals surface area contributed by atoms with Crippen LogP contribution in [0.1, 0.15) is 6.42 Å². The second-order valence-corrected chi connectivity index (χ2v) is 3.18. The summed E-state index contributed by atoms with van der Waals surface area (Å²) >= 11 is 0. The van der Waals surface area contributed by atoms with Crippen molar-refractivity contribution in [3.63, 3.8) is 0 Å². The quantitative estimate of drug-likeness (QED) is 0.592. The first-order valence-electron chi connectivity index (χ1n) is 4.16. The summed E-state index contributed by atoms with van der Waals surface area (Å²) in [6.45, 7) is 0.602. The largest absolute Gasteiger partial charge is 0.368 e. The van der Waals surface area contributed by atoms with Crippen molar-refractivity contribution in [2.24, 2.45) is 5.73 Å². The Balaban J connectivity index is 2.32. The van der Waals surface area contributed by atoms with E-state index in [4.69, 9.17) is 5.73 Å². The van der Waals surface area contributed by atoms with Crippen molar-refractivity contribution in [1.82, 2.24) is 4.90 Å². The molecule has 2 heterocycles. The van der Waals surface area contributed by atoms with Gasteiger partial charge in [-0.2, -0.15) is 0 Å². The number of carbonyl (C=O) groups is 2. The van der Waals surface area contributed by atoms with E-state index in [1.54, 1.807) is 11.0 Å². The number of ketones is 1. The highest BCUT2D eigenvalue weighted by molar-refractivity contribution is 6.02. The zero-order valence-corrected chi connectivity index (χ0v) is 7.06.